The van der Waals surface area contributed by atoms with E-state index in [4.69, 9.17) is 4.74 Å². The molecule has 0 atom stereocenters. The number of rotatable bonds is 5. The Kier molecular flexibility index (Phi) is 6.14. The Bertz CT molecular complexity index is 875. The van der Waals surface area contributed by atoms with Gasteiger partial charge >= 0.3 is 0 Å². The van der Waals surface area contributed by atoms with Gasteiger partial charge < -0.3 is 15.2 Å². The lowest BCUT2D eigenvalue weighted by atomic mass is 10.1. The number of para-hydroxylation sites is 1. The Morgan fingerprint density at radius 1 is 1.44 bits per heavy atom. The van der Waals surface area contributed by atoms with Crippen LogP contribution in [-0.4, -0.2) is 17.6 Å². The minimum Gasteiger partial charge on any atom is -0.503 e. The molecule has 0 radical (unpaired) electrons. The number of anilines is 1. The second-order valence-corrected chi connectivity index (χ2v) is 5.74. The van der Waals surface area contributed by atoms with E-state index in [1.165, 1.54) is 36.4 Å². The number of amides is 1. The van der Waals surface area contributed by atoms with Crippen LogP contribution < -0.4 is 10.1 Å². The van der Waals surface area contributed by atoms with Crippen molar-refractivity contribution in [1.29, 1.82) is 5.26 Å². The van der Waals surface area contributed by atoms with E-state index in [1.54, 1.807) is 19.1 Å². The summed E-state index contributed by atoms with van der Waals surface area (Å²) in [5.74, 6) is -1.20. The van der Waals surface area contributed by atoms with Gasteiger partial charge in [-0.05, 0) is 58.8 Å². The second kappa shape index (κ2) is 8.31. The third kappa shape index (κ3) is 4.58. The maximum atomic E-state index is 13.6. The number of nitriles is 1. The average molecular weight is 405 g/mol. The summed E-state index contributed by atoms with van der Waals surface area (Å²) in [6.07, 6.45) is 1.32. The molecule has 1 amide bonds. The van der Waals surface area contributed by atoms with Crippen LogP contribution in [-0.2, 0) is 4.79 Å². The number of nitrogens with one attached hydrogen (secondary N) is 1. The van der Waals surface area contributed by atoms with E-state index in [1.807, 2.05) is 0 Å². The molecule has 128 valence electrons. The van der Waals surface area contributed by atoms with Crippen molar-refractivity contribution in [3.8, 4) is 17.6 Å². The van der Waals surface area contributed by atoms with E-state index in [9.17, 15) is 19.6 Å². The van der Waals surface area contributed by atoms with Crippen molar-refractivity contribution in [2.24, 2.45) is 0 Å². The van der Waals surface area contributed by atoms with Gasteiger partial charge in [0.1, 0.15) is 17.5 Å². The number of carbonyl (C=O) groups is 1. The number of carbonyl (C=O) groups excluding carboxylic acids is 1. The standard InChI is InChI=1S/C18H14BrFN2O3/c1-2-25-16-9-11(8-13(19)17(16)23)7-12(10-21)18(24)22-15-6-4-3-5-14(15)20/h3-9,23H,2H2,1H3,(H,22,24)/b12-7+. The summed E-state index contributed by atoms with van der Waals surface area (Å²) in [5, 5.41) is 21.5. The molecule has 0 heterocycles. The first kappa shape index (κ1) is 18.5. The first-order valence-electron chi connectivity index (χ1n) is 7.29. The Balaban J connectivity index is 2.32. The zero-order valence-electron chi connectivity index (χ0n) is 13.2. The topological polar surface area (TPSA) is 82.3 Å². The average Bonchev–Trinajstić information content (AvgIpc) is 2.59. The maximum Gasteiger partial charge on any atom is 0.266 e. The number of benzene rings is 2. The van der Waals surface area contributed by atoms with Crippen molar-refractivity contribution >= 4 is 33.6 Å². The highest BCUT2D eigenvalue weighted by Crippen LogP contribution is 2.36. The van der Waals surface area contributed by atoms with Gasteiger partial charge in [0.2, 0.25) is 0 Å². The van der Waals surface area contributed by atoms with Crippen LogP contribution in [0.5, 0.6) is 11.5 Å². The van der Waals surface area contributed by atoms with Crippen LogP contribution >= 0.6 is 15.9 Å². The SMILES string of the molecule is CCOc1cc(/C=C(\C#N)C(=O)Nc2ccccc2F)cc(Br)c1O. The summed E-state index contributed by atoms with van der Waals surface area (Å²) in [6, 6.07) is 10.5. The molecule has 0 aliphatic carbocycles. The first-order valence-corrected chi connectivity index (χ1v) is 8.08. The fourth-order valence-corrected chi connectivity index (χ4v) is 2.47. The highest BCUT2D eigenvalue weighted by atomic mass is 79.9. The molecule has 2 rings (SSSR count). The zero-order chi connectivity index (χ0) is 18.4. The first-order chi connectivity index (χ1) is 12.0. The fraction of sp³-hybridized carbons (Fsp3) is 0.111. The van der Waals surface area contributed by atoms with Gasteiger partial charge in [-0.1, -0.05) is 12.1 Å². The minimum atomic E-state index is -0.741. The number of ether oxygens (including phenoxy) is 1. The maximum absolute atomic E-state index is 13.6. The number of aromatic hydroxyl groups is 1. The molecule has 0 aliphatic rings. The number of phenols is 1. The van der Waals surface area contributed by atoms with Crippen LogP contribution in [0.3, 0.4) is 0 Å². The predicted molar refractivity (Wildman–Crippen MR) is 95.6 cm³/mol. The van der Waals surface area contributed by atoms with E-state index in [0.717, 1.165) is 0 Å². The summed E-state index contributed by atoms with van der Waals surface area (Å²) in [7, 11) is 0. The highest BCUT2D eigenvalue weighted by molar-refractivity contribution is 9.10. The zero-order valence-corrected chi connectivity index (χ0v) is 14.8. The Labute approximate surface area is 152 Å². The Hall–Kier alpha value is -2.85. The molecule has 2 aromatic carbocycles. The molecule has 25 heavy (non-hydrogen) atoms. The lowest BCUT2D eigenvalue weighted by Crippen LogP contribution is -2.14. The summed E-state index contributed by atoms with van der Waals surface area (Å²) in [5.41, 5.74) is 0.229. The van der Waals surface area contributed by atoms with Crippen LogP contribution in [0.2, 0.25) is 0 Å². The van der Waals surface area contributed by atoms with Crippen molar-refractivity contribution in [2.75, 3.05) is 11.9 Å². The van der Waals surface area contributed by atoms with Gasteiger partial charge in [-0.25, -0.2) is 4.39 Å². The predicted octanol–water partition coefficient (Wildman–Crippen LogP) is 4.24. The third-order valence-corrected chi connectivity index (χ3v) is 3.75. The highest BCUT2D eigenvalue weighted by Gasteiger charge is 2.14. The number of nitrogens with zero attached hydrogens (tertiary/aromatic N) is 1. The quantitative estimate of drug-likeness (QED) is 0.576. The lowest BCUT2D eigenvalue weighted by molar-refractivity contribution is -0.112. The molecular formula is C18H14BrFN2O3. The van der Waals surface area contributed by atoms with Crippen molar-refractivity contribution in [1.82, 2.24) is 0 Å². The smallest absolute Gasteiger partial charge is 0.266 e. The van der Waals surface area contributed by atoms with E-state index in [2.05, 4.69) is 21.2 Å². The molecule has 0 unspecified atom stereocenters. The van der Waals surface area contributed by atoms with E-state index < -0.39 is 11.7 Å². The fourth-order valence-electron chi connectivity index (χ4n) is 2.01. The van der Waals surface area contributed by atoms with Crippen LogP contribution in [0.4, 0.5) is 10.1 Å². The van der Waals surface area contributed by atoms with Gasteiger partial charge in [-0.3, -0.25) is 4.79 Å². The molecule has 0 spiro atoms. The molecular weight excluding hydrogens is 391 g/mol. The third-order valence-electron chi connectivity index (χ3n) is 3.15. The molecule has 0 saturated heterocycles. The number of phenolic OH excluding ortho intramolecular Hbond substituents is 1. The number of hydrogen-bond acceptors (Lipinski definition) is 4. The normalized spacial score (nSPS) is 10.9. The Morgan fingerprint density at radius 2 is 2.16 bits per heavy atom. The van der Waals surface area contributed by atoms with Crippen LogP contribution in [0, 0.1) is 17.1 Å². The molecule has 0 aromatic heterocycles. The van der Waals surface area contributed by atoms with Crippen molar-refractivity contribution < 1.29 is 19.0 Å². The van der Waals surface area contributed by atoms with Crippen LogP contribution in [0.25, 0.3) is 6.08 Å². The summed E-state index contributed by atoms with van der Waals surface area (Å²) >= 11 is 3.19. The minimum absolute atomic E-state index is 0.0180. The molecule has 7 heteroatoms. The van der Waals surface area contributed by atoms with Gasteiger partial charge in [0.25, 0.3) is 5.91 Å². The molecule has 0 bridgehead atoms. The molecule has 2 N–H and O–H groups in total. The van der Waals surface area contributed by atoms with Crippen LogP contribution in [0.15, 0.2) is 46.4 Å². The van der Waals surface area contributed by atoms with Crippen molar-refractivity contribution in [3.05, 3.63) is 57.8 Å². The van der Waals surface area contributed by atoms with Crippen LogP contribution in [0.1, 0.15) is 12.5 Å². The van der Waals surface area contributed by atoms with E-state index >= 15 is 0 Å². The number of halogens is 2. The molecule has 0 saturated carbocycles. The van der Waals surface area contributed by atoms with Gasteiger partial charge in [-0.2, -0.15) is 5.26 Å². The molecule has 0 fully saturated rings. The number of hydrogen-bond donors (Lipinski definition) is 2. The van der Waals surface area contributed by atoms with E-state index in [0.29, 0.717) is 16.6 Å². The van der Waals surface area contributed by atoms with Gasteiger partial charge in [-0.15, -0.1) is 0 Å². The molecule has 2 aromatic rings. The van der Waals surface area contributed by atoms with Crippen molar-refractivity contribution in [3.63, 3.8) is 0 Å². The summed E-state index contributed by atoms with van der Waals surface area (Å²) in [4.78, 5) is 12.2. The Morgan fingerprint density at radius 3 is 2.80 bits per heavy atom. The monoisotopic (exact) mass is 404 g/mol. The van der Waals surface area contributed by atoms with E-state index in [-0.39, 0.29) is 22.8 Å². The largest absolute Gasteiger partial charge is 0.503 e. The summed E-state index contributed by atoms with van der Waals surface area (Å²) < 4.78 is 19.3. The van der Waals surface area contributed by atoms with Gasteiger partial charge in [0, 0.05) is 0 Å². The lowest BCUT2D eigenvalue weighted by Gasteiger charge is -2.09. The summed E-state index contributed by atoms with van der Waals surface area (Å²) in [6.45, 7) is 2.10. The van der Waals surface area contributed by atoms with Crippen molar-refractivity contribution in [2.45, 2.75) is 6.92 Å². The second-order valence-electron chi connectivity index (χ2n) is 4.89. The van der Waals surface area contributed by atoms with Gasteiger partial charge in [0.05, 0.1) is 16.8 Å². The molecule has 5 nitrogen and oxygen atoms in total. The molecule has 0 aliphatic heterocycles. The van der Waals surface area contributed by atoms with Gasteiger partial charge in [0.15, 0.2) is 11.5 Å².